The lowest BCUT2D eigenvalue weighted by Crippen LogP contribution is -2.01. The summed E-state index contributed by atoms with van der Waals surface area (Å²) in [6.45, 7) is 3.67. The Balaban J connectivity index is 2.89. The summed E-state index contributed by atoms with van der Waals surface area (Å²) in [4.78, 5) is 11.2. The van der Waals surface area contributed by atoms with Crippen LogP contribution in [-0.4, -0.2) is 10.9 Å². The van der Waals surface area contributed by atoms with E-state index >= 15 is 0 Å². The summed E-state index contributed by atoms with van der Waals surface area (Å²) in [6, 6.07) is 5.28. The molecule has 0 heterocycles. The molecular weight excluding hydrogens is 164 g/mol. The lowest BCUT2D eigenvalue weighted by Gasteiger charge is -2.05. The zero-order valence-electron chi connectivity index (χ0n) is 8.00. The van der Waals surface area contributed by atoms with Gasteiger partial charge in [-0.2, -0.15) is 0 Å². The Bertz CT molecular complexity index is 316. The monoisotopic (exact) mass is 178 g/mol. The van der Waals surface area contributed by atoms with Crippen LogP contribution in [0.1, 0.15) is 24.5 Å². The van der Waals surface area contributed by atoms with Gasteiger partial charge in [-0.25, -0.2) is 0 Å². The van der Waals surface area contributed by atoms with Crippen LogP contribution in [-0.2, 0) is 11.2 Å². The number of Topliss-reactive ketones (excluding diaryl/α,β-unsaturated/α-hetero) is 1. The number of rotatable bonds is 3. The van der Waals surface area contributed by atoms with Crippen molar-refractivity contribution in [1.82, 2.24) is 0 Å². The van der Waals surface area contributed by atoms with Gasteiger partial charge in [0, 0.05) is 12.8 Å². The first-order valence-electron chi connectivity index (χ1n) is 4.44. The van der Waals surface area contributed by atoms with Gasteiger partial charge in [0.05, 0.1) is 0 Å². The molecule has 2 nitrogen and oxygen atoms in total. The molecule has 0 atom stereocenters. The third kappa shape index (κ3) is 2.31. The molecule has 0 unspecified atom stereocenters. The van der Waals surface area contributed by atoms with Crippen LogP contribution >= 0.6 is 0 Å². The van der Waals surface area contributed by atoms with Crippen molar-refractivity contribution in [2.24, 2.45) is 0 Å². The fourth-order valence-electron chi connectivity index (χ4n) is 1.20. The Kier molecular flexibility index (Phi) is 3.07. The van der Waals surface area contributed by atoms with Gasteiger partial charge in [-0.1, -0.05) is 19.1 Å². The van der Waals surface area contributed by atoms with Crippen LogP contribution in [0.5, 0.6) is 5.75 Å². The van der Waals surface area contributed by atoms with Gasteiger partial charge in [0.1, 0.15) is 11.5 Å². The van der Waals surface area contributed by atoms with Crippen molar-refractivity contribution in [2.45, 2.75) is 26.7 Å². The summed E-state index contributed by atoms with van der Waals surface area (Å²) in [7, 11) is 0. The number of hydrogen-bond acceptors (Lipinski definition) is 2. The number of aromatic hydroxyl groups is 1. The molecule has 1 N–H and O–H groups in total. The Morgan fingerprint density at radius 3 is 2.77 bits per heavy atom. The highest BCUT2D eigenvalue weighted by Crippen LogP contribution is 2.20. The van der Waals surface area contributed by atoms with Gasteiger partial charge in [0.25, 0.3) is 0 Å². The number of benzene rings is 1. The molecule has 2 heteroatoms. The van der Waals surface area contributed by atoms with Crippen LogP contribution < -0.4 is 0 Å². The van der Waals surface area contributed by atoms with Crippen molar-refractivity contribution in [2.75, 3.05) is 0 Å². The van der Waals surface area contributed by atoms with Crippen molar-refractivity contribution in [1.29, 1.82) is 0 Å². The SMILES string of the molecule is CCC(=O)Cc1cccc(O)c1C. The van der Waals surface area contributed by atoms with Crippen molar-refractivity contribution < 1.29 is 9.90 Å². The Labute approximate surface area is 78.2 Å². The lowest BCUT2D eigenvalue weighted by atomic mass is 10.0. The van der Waals surface area contributed by atoms with Crippen molar-refractivity contribution in [3.05, 3.63) is 29.3 Å². The third-order valence-corrected chi connectivity index (χ3v) is 2.20. The van der Waals surface area contributed by atoms with Crippen LogP contribution in [0.3, 0.4) is 0 Å². The predicted molar refractivity (Wildman–Crippen MR) is 51.8 cm³/mol. The minimum absolute atomic E-state index is 0.203. The maximum Gasteiger partial charge on any atom is 0.137 e. The van der Waals surface area contributed by atoms with Crippen LogP contribution in [0.25, 0.3) is 0 Å². The molecule has 0 fully saturated rings. The molecule has 0 aliphatic heterocycles. The second kappa shape index (κ2) is 4.08. The van der Waals surface area contributed by atoms with Crippen LogP contribution in [0, 0.1) is 6.92 Å². The molecule has 0 aliphatic carbocycles. The highest BCUT2D eigenvalue weighted by Gasteiger charge is 2.05. The van der Waals surface area contributed by atoms with E-state index in [1.54, 1.807) is 12.1 Å². The van der Waals surface area contributed by atoms with Gasteiger partial charge < -0.3 is 5.11 Å². The Hall–Kier alpha value is -1.31. The first kappa shape index (κ1) is 9.78. The molecule has 1 aromatic carbocycles. The summed E-state index contributed by atoms with van der Waals surface area (Å²) in [5.74, 6) is 0.468. The van der Waals surface area contributed by atoms with E-state index in [4.69, 9.17) is 0 Å². The van der Waals surface area contributed by atoms with Gasteiger partial charge in [0.15, 0.2) is 0 Å². The third-order valence-electron chi connectivity index (χ3n) is 2.20. The second-order valence-corrected chi connectivity index (χ2v) is 3.13. The van der Waals surface area contributed by atoms with Crippen LogP contribution in [0.4, 0.5) is 0 Å². The van der Waals surface area contributed by atoms with E-state index in [1.165, 1.54) is 0 Å². The molecule has 0 saturated heterocycles. The normalized spacial score (nSPS) is 10.0. The minimum atomic E-state index is 0.203. The topological polar surface area (TPSA) is 37.3 Å². The van der Waals surface area contributed by atoms with E-state index in [2.05, 4.69) is 0 Å². The zero-order chi connectivity index (χ0) is 9.84. The highest BCUT2D eigenvalue weighted by atomic mass is 16.3. The first-order chi connectivity index (χ1) is 6.15. The molecule has 0 aromatic heterocycles. The maximum atomic E-state index is 11.2. The Morgan fingerprint density at radius 2 is 2.15 bits per heavy atom. The smallest absolute Gasteiger partial charge is 0.137 e. The number of carbonyl (C=O) groups is 1. The quantitative estimate of drug-likeness (QED) is 0.770. The standard InChI is InChI=1S/C11H14O2/c1-3-10(12)7-9-5-4-6-11(13)8(9)2/h4-6,13H,3,7H2,1-2H3. The van der Waals surface area contributed by atoms with Crippen molar-refractivity contribution >= 4 is 5.78 Å². The second-order valence-electron chi connectivity index (χ2n) is 3.13. The summed E-state index contributed by atoms with van der Waals surface area (Å²) >= 11 is 0. The largest absolute Gasteiger partial charge is 0.508 e. The molecule has 1 rings (SSSR count). The Morgan fingerprint density at radius 1 is 1.46 bits per heavy atom. The van der Waals surface area contributed by atoms with Gasteiger partial charge in [-0.05, 0) is 24.1 Å². The number of ketones is 1. The molecule has 0 aliphatic rings. The average molecular weight is 178 g/mol. The van der Waals surface area contributed by atoms with E-state index in [1.807, 2.05) is 19.9 Å². The zero-order valence-corrected chi connectivity index (χ0v) is 8.00. The maximum absolute atomic E-state index is 11.2. The predicted octanol–water partition coefficient (Wildman–Crippen LogP) is 2.22. The first-order valence-corrected chi connectivity index (χ1v) is 4.44. The number of carbonyl (C=O) groups excluding carboxylic acids is 1. The van der Waals surface area contributed by atoms with E-state index in [-0.39, 0.29) is 11.5 Å². The molecular formula is C11H14O2. The molecule has 13 heavy (non-hydrogen) atoms. The lowest BCUT2D eigenvalue weighted by molar-refractivity contribution is -0.118. The highest BCUT2D eigenvalue weighted by molar-refractivity contribution is 5.81. The van der Waals surface area contributed by atoms with E-state index in [9.17, 15) is 9.90 Å². The minimum Gasteiger partial charge on any atom is -0.508 e. The van der Waals surface area contributed by atoms with Gasteiger partial charge >= 0.3 is 0 Å². The summed E-state index contributed by atoms with van der Waals surface area (Å²) in [5.41, 5.74) is 1.73. The van der Waals surface area contributed by atoms with Crippen LogP contribution in [0.2, 0.25) is 0 Å². The number of hydrogen-bond donors (Lipinski definition) is 1. The molecule has 0 saturated carbocycles. The number of phenolic OH excluding ortho intramolecular Hbond substituents is 1. The van der Waals surface area contributed by atoms with Crippen LogP contribution in [0.15, 0.2) is 18.2 Å². The summed E-state index contributed by atoms with van der Waals surface area (Å²) in [5, 5.41) is 9.37. The van der Waals surface area contributed by atoms with E-state index in [0.717, 1.165) is 11.1 Å². The van der Waals surface area contributed by atoms with Gasteiger partial charge in [-0.15, -0.1) is 0 Å². The summed E-state index contributed by atoms with van der Waals surface area (Å²) < 4.78 is 0. The van der Waals surface area contributed by atoms with Crippen molar-refractivity contribution in [3.8, 4) is 5.75 Å². The molecule has 70 valence electrons. The molecule has 1 aromatic rings. The van der Waals surface area contributed by atoms with Gasteiger partial charge in [0.2, 0.25) is 0 Å². The average Bonchev–Trinajstić information content (AvgIpc) is 2.13. The van der Waals surface area contributed by atoms with Crippen molar-refractivity contribution in [3.63, 3.8) is 0 Å². The molecule has 0 spiro atoms. The number of phenols is 1. The fraction of sp³-hybridized carbons (Fsp3) is 0.364. The van der Waals surface area contributed by atoms with Gasteiger partial charge in [-0.3, -0.25) is 4.79 Å². The van der Waals surface area contributed by atoms with E-state index < -0.39 is 0 Å². The molecule has 0 amide bonds. The van der Waals surface area contributed by atoms with E-state index in [0.29, 0.717) is 12.8 Å². The molecule has 0 radical (unpaired) electrons. The molecule has 0 bridgehead atoms. The summed E-state index contributed by atoms with van der Waals surface area (Å²) in [6.07, 6.45) is 0.978. The fourth-order valence-corrected chi connectivity index (χ4v) is 1.20.